The minimum atomic E-state index is -4.30. The largest absolute Gasteiger partial charge is 0.406 e. The molecule has 4 nitrogen and oxygen atoms in total. The Labute approximate surface area is 106 Å². The molecule has 8 heteroatoms. The predicted molar refractivity (Wildman–Crippen MR) is 61.6 cm³/mol. The summed E-state index contributed by atoms with van der Waals surface area (Å²) in [6.45, 7) is -1.09. The number of aromatic nitrogens is 2. The zero-order valence-corrected chi connectivity index (χ0v) is 9.76. The Kier molecular flexibility index (Phi) is 3.85. The van der Waals surface area contributed by atoms with Crippen molar-refractivity contribution in [2.24, 2.45) is 5.73 Å². The molecule has 1 amide bonds. The number of pyridine rings is 1. The number of halogens is 4. The van der Waals surface area contributed by atoms with Crippen LogP contribution in [-0.4, -0.2) is 21.6 Å². The molecule has 0 bridgehead atoms. The Hall–Kier alpha value is -1.76. The van der Waals surface area contributed by atoms with Gasteiger partial charge in [0, 0.05) is 11.6 Å². The second-order valence-electron chi connectivity index (χ2n) is 3.55. The quantitative estimate of drug-likeness (QED) is 0.915. The number of amides is 1. The first-order valence-corrected chi connectivity index (χ1v) is 4.68. The maximum atomic E-state index is 12.2. The standard InChI is InChI=1S/C10H8F3N3O.ClH/c11-10(12,13)5-16-2-1-6-3-7(9(14)17)15-4-8(6)16;/h1-4H,5H2,(H2,14,17);1H. The molecular weight excluding hydrogens is 271 g/mol. The number of primary amides is 1. The Morgan fingerprint density at radius 1 is 1.44 bits per heavy atom. The Bertz CT molecular complexity index is 579. The number of fused-ring (bicyclic) bond motifs is 1. The monoisotopic (exact) mass is 279 g/mol. The summed E-state index contributed by atoms with van der Waals surface area (Å²) in [7, 11) is 0. The van der Waals surface area contributed by atoms with Gasteiger partial charge in [0.1, 0.15) is 12.2 Å². The number of rotatable bonds is 2. The van der Waals surface area contributed by atoms with E-state index in [4.69, 9.17) is 5.73 Å². The molecule has 98 valence electrons. The molecule has 0 saturated carbocycles. The van der Waals surface area contributed by atoms with Gasteiger partial charge < -0.3 is 10.3 Å². The van der Waals surface area contributed by atoms with Crippen molar-refractivity contribution < 1.29 is 18.0 Å². The van der Waals surface area contributed by atoms with Crippen LogP contribution in [0, 0.1) is 0 Å². The van der Waals surface area contributed by atoms with E-state index in [0.29, 0.717) is 10.9 Å². The lowest BCUT2D eigenvalue weighted by atomic mass is 10.2. The molecule has 2 aromatic heterocycles. The van der Waals surface area contributed by atoms with E-state index >= 15 is 0 Å². The van der Waals surface area contributed by atoms with E-state index in [1.807, 2.05) is 0 Å². The maximum absolute atomic E-state index is 12.2. The fourth-order valence-corrected chi connectivity index (χ4v) is 1.55. The van der Waals surface area contributed by atoms with E-state index in [9.17, 15) is 18.0 Å². The number of carbonyl (C=O) groups excluding carboxylic acids is 1. The minimum Gasteiger partial charge on any atom is -0.364 e. The van der Waals surface area contributed by atoms with Crippen molar-refractivity contribution in [2.45, 2.75) is 12.7 Å². The van der Waals surface area contributed by atoms with Crippen LogP contribution in [0.2, 0.25) is 0 Å². The first-order valence-electron chi connectivity index (χ1n) is 4.68. The number of nitrogens with two attached hydrogens (primary N) is 1. The molecule has 2 aromatic rings. The summed E-state index contributed by atoms with van der Waals surface area (Å²) in [5.74, 6) is -0.713. The molecule has 0 aliphatic rings. The molecule has 0 aliphatic heterocycles. The van der Waals surface area contributed by atoms with Crippen LogP contribution in [0.5, 0.6) is 0 Å². The van der Waals surface area contributed by atoms with Crippen LogP contribution in [0.25, 0.3) is 10.9 Å². The van der Waals surface area contributed by atoms with E-state index in [1.165, 1.54) is 24.5 Å². The van der Waals surface area contributed by atoms with Gasteiger partial charge >= 0.3 is 6.18 Å². The zero-order valence-electron chi connectivity index (χ0n) is 8.94. The van der Waals surface area contributed by atoms with Gasteiger partial charge in [0.05, 0.1) is 11.7 Å². The highest BCUT2D eigenvalue weighted by Gasteiger charge is 2.28. The lowest BCUT2D eigenvalue weighted by molar-refractivity contribution is -0.139. The lowest BCUT2D eigenvalue weighted by Gasteiger charge is -2.08. The summed E-state index contributed by atoms with van der Waals surface area (Å²) in [5.41, 5.74) is 5.37. The molecule has 0 saturated heterocycles. The molecule has 0 atom stereocenters. The average Bonchev–Trinajstić information content (AvgIpc) is 2.58. The van der Waals surface area contributed by atoms with E-state index in [1.54, 1.807) is 0 Å². The first-order chi connectivity index (χ1) is 7.87. The van der Waals surface area contributed by atoms with Crippen molar-refractivity contribution >= 4 is 29.2 Å². The predicted octanol–water partition coefficient (Wildman–Crippen LogP) is 2.12. The van der Waals surface area contributed by atoms with E-state index in [2.05, 4.69) is 4.98 Å². The maximum Gasteiger partial charge on any atom is 0.406 e. The SMILES string of the molecule is Cl.NC(=O)c1cc2ccn(CC(F)(F)F)c2cn1. The minimum absolute atomic E-state index is 0. The van der Waals surface area contributed by atoms with Crippen molar-refractivity contribution in [2.75, 3.05) is 0 Å². The van der Waals surface area contributed by atoms with Gasteiger partial charge in [0.2, 0.25) is 0 Å². The smallest absolute Gasteiger partial charge is 0.364 e. The molecule has 2 N–H and O–H groups in total. The van der Waals surface area contributed by atoms with E-state index < -0.39 is 18.6 Å². The second-order valence-corrected chi connectivity index (χ2v) is 3.55. The highest BCUT2D eigenvalue weighted by atomic mass is 35.5. The fraction of sp³-hybridized carbons (Fsp3) is 0.200. The lowest BCUT2D eigenvalue weighted by Crippen LogP contribution is -2.17. The topological polar surface area (TPSA) is 60.9 Å². The van der Waals surface area contributed by atoms with Crippen LogP contribution < -0.4 is 5.73 Å². The summed E-state index contributed by atoms with van der Waals surface area (Å²) in [5, 5.41) is 0.498. The van der Waals surface area contributed by atoms with Crippen LogP contribution in [0.3, 0.4) is 0 Å². The fourth-order valence-electron chi connectivity index (χ4n) is 1.55. The molecule has 0 aliphatic carbocycles. The van der Waals surface area contributed by atoms with Gasteiger partial charge in [-0.05, 0) is 12.1 Å². The number of hydrogen-bond donors (Lipinski definition) is 1. The molecule has 18 heavy (non-hydrogen) atoms. The van der Waals surface area contributed by atoms with Crippen molar-refractivity contribution in [1.29, 1.82) is 0 Å². The summed E-state index contributed by atoms with van der Waals surface area (Å²) in [4.78, 5) is 14.6. The highest BCUT2D eigenvalue weighted by Crippen LogP contribution is 2.22. The zero-order chi connectivity index (χ0) is 12.6. The summed E-state index contributed by atoms with van der Waals surface area (Å²) in [6.07, 6.45) is -1.79. The number of nitrogens with zero attached hydrogens (tertiary/aromatic N) is 2. The van der Waals surface area contributed by atoms with E-state index in [0.717, 1.165) is 4.57 Å². The average molecular weight is 280 g/mol. The van der Waals surface area contributed by atoms with Crippen molar-refractivity contribution in [3.05, 3.63) is 30.2 Å². The van der Waals surface area contributed by atoms with Crippen LogP contribution >= 0.6 is 12.4 Å². The van der Waals surface area contributed by atoms with Gasteiger partial charge in [-0.3, -0.25) is 4.79 Å². The van der Waals surface area contributed by atoms with Gasteiger partial charge in [-0.15, -0.1) is 12.4 Å². The summed E-state index contributed by atoms with van der Waals surface area (Å²) >= 11 is 0. The third kappa shape index (κ3) is 2.92. The molecule has 2 heterocycles. The molecule has 0 spiro atoms. The van der Waals surface area contributed by atoms with E-state index in [-0.39, 0.29) is 18.1 Å². The highest BCUT2D eigenvalue weighted by molar-refractivity contribution is 5.94. The first kappa shape index (κ1) is 14.3. The van der Waals surface area contributed by atoms with Gasteiger partial charge in [-0.25, -0.2) is 4.98 Å². The third-order valence-electron chi connectivity index (χ3n) is 2.26. The van der Waals surface area contributed by atoms with Gasteiger partial charge in [-0.2, -0.15) is 13.2 Å². The van der Waals surface area contributed by atoms with Crippen molar-refractivity contribution in [1.82, 2.24) is 9.55 Å². The van der Waals surface area contributed by atoms with Crippen LogP contribution in [-0.2, 0) is 6.54 Å². The van der Waals surface area contributed by atoms with Crippen LogP contribution in [0.1, 0.15) is 10.5 Å². The normalized spacial score (nSPS) is 11.3. The van der Waals surface area contributed by atoms with Crippen molar-refractivity contribution in [3.63, 3.8) is 0 Å². The Balaban J connectivity index is 0.00000162. The number of alkyl halides is 3. The second kappa shape index (κ2) is 4.85. The van der Waals surface area contributed by atoms with Crippen LogP contribution in [0.4, 0.5) is 13.2 Å². The Morgan fingerprint density at radius 3 is 2.67 bits per heavy atom. The summed E-state index contributed by atoms with van der Waals surface area (Å²) < 4.78 is 37.7. The number of carbonyl (C=O) groups is 1. The number of hydrogen-bond acceptors (Lipinski definition) is 2. The summed E-state index contributed by atoms with van der Waals surface area (Å²) in [6, 6.07) is 2.85. The van der Waals surface area contributed by atoms with Gasteiger partial charge in [0.15, 0.2) is 0 Å². The van der Waals surface area contributed by atoms with Crippen LogP contribution in [0.15, 0.2) is 24.5 Å². The molecule has 0 aromatic carbocycles. The molecule has 2 rings (SSSR count). The Morgan fingerprint density at radius 2 is 2.11 bits per heavy atom. The van der Waals surface area contributed by atoms with Crippen molar-refractivity contribution in [3.8, 4) is 0 Å². The third-order valence-corrected chi connectivity index (χ3v) is 2.26. The molecule has 0 unspecified atom stereocenters. The molecule has 0 radical (unpaired) electrons. The molecule has 0 fully saturated rings. The van der Waals surface area contributed by atoms with Gasteiger partial charge in [-0.1, -0.05) is 0 Å². The molecular formula is C10H9ClF3N3O. The van der Waals surface area contributed by atoms with Gasteiger partial charge in [0.25, 0.3) is 5.91 Å².